The van der Waals surface area contributed by atoms with Crippen LogP contribution in [-0.2, 0) is 0 Å². The molecule has 0 aliphatic carbocycles. The third-order valence-electron chi connectivity index (χ3n) is 2.30. The lowest BCUT2D eigenvalue weighted by Gasteiger charge is -2.09. The lowest BCUT2D eigenvalue weighted by atomic mass is 10.2. The number of nitrogens with zero attached hydrogens (tertiary/aromatic N) is 1. The third kappa shape index (κ3) is 3.70. The maximum Gasteiger partial charge on any atom is 0.141 e. The number of aliphatic hydroxyl groups excluding tert-OH is 1. The zero-order valence-corrected chi connectivity index (χ0v) is 11.0. The number of benzene rings is 1. The van der Waals surface area contributed by atoms with Gasteiger partial charge >= 0.3 is 0 Å². The van der Waals surface area contributed by atoms with Crippen LogP contribution in [0.5, 0.6) is 0 Å². The Morgan fingerprint density at radius 2 is 2.17 bits per heavy atom. The Kier molecular flexibility index (Phi) is 4.58. The van der Waals surface area contributed by atoms with Gasteiger partial charge in [0.05, 0.1) is 11.9 Å². The second kappa shape index (κ2) is 6.18. The molecule has 0 saturated carbocycles. The smallest absolute Gasteiger partial charge is 0.141 e. The minimum absolute atomic E-state index is 0.409. The van der Waals surface area contributed by atoms with E-state index in [1.54, 1.807) is 6.07 Å². The normalized spacial score (nSPS) is 12.4. The highest BCUT2D eigenvalue weighted by atomic mass is 35.5. The van der Waals surface area contributed by atoms with Crippen molar-refractivity contribution in [3.8, 4) is 0 Å². The Morgan fingerprint density at radius 1 is 1.33 bits per heavy atom. The van der Waals surface area contributed by atoms with Crippen molar-refractivity contribution in [1.29, 1.82) is 0 Å². The van der Waals surface area contributed by atoms with Gasteiger partial charge < -0.3 is 5.11 Å². The van der Waals surface area contributed by atoms with E-state index in [0.29, 0.717) is 16.5 Å². The van der Waals surface area contributed by atoms with E-state index in [1.807, 2.05) is 18.2 Å². The number of hydrogen-bond donors (Lipinski definition) is 1. The second-order valence-corrected chi connectivity index (χ2v) is 5.22. The Hall–Kier alpha value is -1.10. The summed E-state index contributed by atoms with van der Waals surface area (Å²) in [6, 6.07) is 10.2. The summed E-state index contributed by atoms with van der Waals surface area (Å²) in [7, 11) is 0. The van der Waals surface area contributed by atoms with E-state index in [0.717, 1.165) is 11.1 Å². The van der Waals surface area contributed by atoms with Crippen molar-refractivity contribution in [1.82, 2.24) is 4.98 Å². The van der Waals surface area contributed by atoms with Crippen molar-refractivity contribution in [2.45, 2.75) is 11.0 Å². The molecule has 1 heterocycles. The van der Waals surface area contributed by atoms with Gasteiger partial charge in [0.2, 0.25) is 0 Å². The molecule has 0 spiro atoms. The summed E-state index contributed by atoms with van der Waals surface area (Å²) >= 11 is 7.34. The first-order valence-electron chi connectivity index (χ1n) is 5.33. The van der Waals surface area contributed by atoms with Crippen LogP contribution in [0.3, 0.4) is 0 Å². The van der Waals surface area contributed by atoms with E-state index in [2.05, 4.69) is 4.98 Å². The minimum Gasteiger partial charge on any atom is -0.386 e. The number of aliphatic hydroxyl groups is 1. The number of halogens is 2. The van der Waals surface area contributed by atoms with Gasteiger partial charge in [-0.2, -0.15) is 0 Å². The summed E-state index contributed by atoms with van der Waals surface area (Å²) in [5.41, 5.74) is 0.464. The Bertz CT molecular complexity index is 521. The molecule has 0 bridgehead atoms. The van der Waals surface area contributed by atoms with Crippen LogP contribution in [-0.4, -0.2) is 15.8 Å². The maximum absolute atomic E-state index is 12.7. The molecule has 0 aliphatic rings. The largest absolute Gasteiger partial charge is 0.386 e. The van der Waals surface area contributed by atoms with Crippen molar-refractivity contribution in [3.05, 3.63) is 59.1 Å². The van der Waals surface area contributed by atoms with Crippen LogP contribution in [0.15, 0.2) is 47.5 Å². The predicted octanol–water partition coefficient (Wildman–Crippen LogP) is 3.70. The molecule has 18 heavy (non-hydrogen) atoms. The molecule has 2 aromatic rings. The third-order valence-corrected chi connectivity index (χ3v) is 3.60. The van der Waals surface area contributed by atoms with Gasteiger partial charge in [0.15, 0.2) is 0 Å². The number of aromatic nitrogens is 1. The second-order valence-electron chi connectivity index (χ2n) is 3.69. The molecule has 0 aliphatic heterocycles. The van der Waals surface area contributed by atoms with Crippen molar-refractivity contribution >= 4 is 23.4 Å². The molecule has 1 aromatic heterocycles. The summed E-state index contributed by atoms with van der Waals surface area (Å²) in [6.45, 7) is 0. The number of rotatable bonds is 4. The first-order valence-corrected chi connectivity index (χ1v) is 6.69. The van der Waals surface area contributed by atoms with Gasteiger partial charge in [-0.3, -0.25) is 4.98 Å². The summed E-state index contributed by atoms with van der Waals surface area (Å²) in [5, 5.41) is 10.6. The van der Waals surface area contributed by atoms with E-state index >= 15 is 0 Å². The number of hydrogen-bond acceptors (Lipinski definition) is 3. The zero-order chi connectivity index (χ0) is 13.0. The average molecular weight is 284 g/mol. The predicted molar refractivity (Wildman–Crippen MR) is 71.3 cm³/mol. The SMILES string of the molecule is OC(CSc1cccc(Cl)c1)c1ccc(F)cn1. The lowest BCUT2D eigenvalue weighted by Crippen LogP contribution is -2.03. The van der Waals surface area contributed by atoms with E-state index < -0.39 is 11.9 Å². The number of pyridine rings is 1. The first kappa shape index (κ1) is 13.3. The molecule has 1 N–H and O–H groups in total. The van der Waals surface area contributed by atoms with Gasteiger partial charge in [-0.15, -0.1) is 11.8 Å². The molecular formula is C13H11ClFNOS. The van der Waals surface area contributed by atoms with Gasteiger partial charge in [-0.05, 0) is 30.3 Å². The summed E-state index contributed by atoms with van der Waals surface area (Å²) in [6.07, 6.45) is 0.373. The molecular weight excluding hydrogens is 273 g/mol. The van der Waals surface area contributed by atoms with Crippen molar-refractivity contribution in [2.75, 3.05) is 5.75 Å². The zero-order valence-electron chi connectivity index (χ0n) is 9.38. The summed E-state index contributed by atoms with van der Waals surface area (Å²) < 4.78 is 12.7. The van der Waals surface area contributed by atoms with Crippen molar-refractivity contribution < 1.29 is 9.50 Å². The molecule has 94 valence electrons. The molecule has 1 atom stereocenters. The van der Waals surface area contributed by atoms with Crippen LogP contribution >= 0.6 is 23.4 Å². The van der Waals surface area contributed by atoms with E-state index in [1.165, 1.54) is 23.9 Å². The molecule has 0 amide bonds. The maximum atomic E-state index is 12.7. The fraction of sp³-hybridized carbons (Fsp3) is 0.154. The first-order chi connectivity index (χ1) is 8.65. The summed E-state index contributed by atoms with van der Waals surface area (Å²) in [4.78, 5) is 4.82. The highest BCUT2D eigenvalue weighted by molar-refractivity contribution is 7.99. The minimum atomic E-state index is -0.727. The Balaban J connectivity index is 1.96. The quantitative estimate of drug-likeness (QED) is 0.869. The van der Waals surface area contributed by atoms with Gasteiger partial charge in [-0.1, -0.05) is 17.7 Å². The van der Waals surface area contributed by atoms with Crippen molar-refractivity contribution in [3.63, 3.8) is 0 Å². The van der Waals surface area contributed by atoms with Crippen LogP contribution in [0.2, 0.25) is 5.02 Å². The van der Waals surface area contributed by atoms with Crippen molar-refractivity contribution in [2.24, 2.45) is 0 Å². The molecule has 1 aromatic carbocycles. The molecule has 2 nitrogen and oxygen atoms in total. The molecule has 2 rings (SSSR count). The lowest BCUT2D eigenvalue weighted by molar-refractivity contribution is 0.199. The summed E-state index contributed by atoms with van der Waals surface area (Å²) in [5.74, 6) is 0.0346. The topological polar surface area (TPSA) is 33.1 Å². The Labute approximate surface area is 114 Å². The van der Waals surface area contributed by atoms with Gasteiger partial charge in [0.1, 0.15) is 11.9 Å². The molecule has 0 fully saturated rings. The van der Waals surface area contributed by atoms with E-state index in [4.69, 9.17) is 11.6 Å². The fourth-order valence-corrected chi connectivity index (χ4v) is 2.56. The average Bonchev–Trinajstić information content (AvgIpc) is 2.37. The standard InChI is InChI=1S/C13H11ClFNOS/c14-9-2-1-3-11(6-9)18-8-13(17)12-5-4-10(15)7-16-12/h1-7,13,17H,8H2. The fourth-order valence-electron chi connectivity index (χ4n) is 1.40. The van der Waals surface area contributed by atoms with Crippen LogP contribution in [0.4, 0.5) is 4.39 Å². The highest BCUT2D eigenvalue weighted by Gasteiger charge is 2.09. The Morgan fingerprint density at radius 3 is 2.83 bits per heavy atom. The van der Waals surface area contributed by atoms with Crippen LogP contribution in [0.1, 0.15) is 11.8 Å². The number of thioether (sulfide) groups is 1. The van der Waals surface area contributed by atoms with Crippen LogP contribution in [0, 0.1) is 5.82 Å². The van der Waals surface area contributed by atoms with Crippen LogP contribution < -0.4 is 0 Å². The molecule has 5 heteroatoms. The van der Waals surface area contributed by atoms with E-state index in [-0.39, 0.29) is 0 Å². The molecule has 0 radical (unpaired) electrons. The molecule has 1 unspecified atom stereocenters. The van der Waals surface area contributed by atoms with Gasteiger partial charge in [0, 0.05) is 15.7 Å². The van der Waals surface area contributed by atoms with Crippen LogP contribution in [0.25, 0.3) is 0 Å². The van der Waals surface area contributed by atoms with E-state index in [9.17, 15) is 9.50 Å². The van der Waals surface area contributed by atoms with Gasteiger partial charge in [-0.25, -0.2) is 4.39 Å². The molecule has 0 saturated heterocycles. The highest BCUT2D eigenvalue weighted by Crippen LogP contribution is 2.25. The monoisotopic (exact) mass is 283 g/mol. The van der Waals surface area contributed by atoms with Gasteiger partial charge in [0.25, 0.3) is 0 Å².